The van der Waals surface area contributed by atoms with Crippen LogP contribution in [-0.2, 0) is 4.79 Å². The average molecular weight is 290 g/mol. The third kappa shape index (κ3) is 3.49. The number of hydrogen-bond donors (Lipinski definition) is 2. The third-order valence-corrected chi connectivity index (χ3v) is 4.30. The van der Waals surface area contributed by atoms with E-state index in [0.29, 0.717) is 5.92 Å². The van der Waals surface area contributed by atoms with Gasteiger partial charge in [-0.15, -0.1) is 0 Å². The largest absolute Gasteiger partial charge is 0.497 e. The molecule has 2 rings (SSSR count). The van der Waals surface area contributed by atoms with E-state index in [2.05, 4.69) is 26.1 Å². The highest BCUT2D eigenvalue weighted by Gasteiger charge is 2.46. The first-order chi connectivity index (χ1) is 9.76. The van der Waals surface area contributed by atoms with Gasteiger partial charge < -0.3 is 15.8 Å². The predicted octanol–water partition coefficient (Wildman–Crippen LogP) is 3.18. The van der Waals surface area contributed by atoms with Gasteiger partial charge >= 0.3 is 0 Å². The highest BCUT2D eigenvalue weighted by molar-refractivity contribution is 5.88. The van der Waals surface area contributed by atoms with Crippen LogP contribution < -0.4 is 15.8 Å². The maximum Gasteiger partial charge on any atom is 0.243 e. The zero-order chi connectivity index (χ0) is 15.7. The number of ether oxygens (including phenoxy) is 1. The number of hydrogen-bond acceptors (Lipinski definition) is 3. The van der Waals surface area contributed by atoms with Gasteiger partial charge in [-0.05, 0) is 42.7 Å². The highest BCUT2D eigenvalue weighted by Crippen LogP contribution is 2.45. The van der Waals surface area contributed by atoms with Crippen LogP contribution in [-0.4, -0.2) is 18.6 Å². The molecule has 1 aliphatic carbocycles. The average Bonchev–Trinajstić information content (AvgIpc) is 2.36. The zero-order valence-corrected chi connectivity index (χ0v) is 13.4. The van der Waals surface area contributed by atoms with E-state index in [1.165, 1.54) is 0 Å². The number of nitrogens with two attached hydrogens (primary N) is 1. The summed E-state index contributed by atoms with van der Waals surface area (Å²) in [6.07, 6.45) is 2.63. The maximum absolute atomic E-state index is 12.2. The van der Waals surface area contributed by atoms with Crippen molar-refractivity contribution >= 4 is 11.6 Å². The second kappa shape index (κ2) is 5.58. The molecule has 4 heteroatoms. The molecule has 1 aromatic rings. The number of amides is 1. The molecule has 1 aromatic carbocycles. The third-order valence-electron chi connectivity index (χ3n) is 4.30. The second-order valence-corrected chi connectivity index (χ2v) is 7.16. The minimum Gasteiger partial charge on any atom is -0.497 e. The van der Waals surface area contributed by atoms with E-state index in [1.54, 1.807) is 7.11 Å². The number of carbonyl (C=O) groups excluding carboxylic acids is 1. The molecule has 0 aromatic heterocycles. The first-order valence-electron chi connectivity index (χ1n) is 7.48. The van der Waals surface area contributed by atoms with Gasteiger partial charge in [0.2, 0.25) is 5.91 Å². The summed E-state index contributed by atoms with van der Waals surface area (Å²) in [5.74, 6) is 0.951. The second-order valence-electron chi connectivity index (χ2n) is 7.16. The summed E-state index contributed by atoms with van der Waals surface area (Å²) in [5, 5.41) is 3.40. The summed E-state index contributed by atoms with van der Waals surface area (Å²) in [7, 11) is 1.63. The van der Waals surface area contributed by atoms with E-state index in [1.807, 2.05) is 24.3 Å². The van der Waals surface area contributed by atoms with Crippen LogP contribution in [0.25, 0.3) is 0 Å². The molecule has 0 bridgehead atoms. The zero-order valence-electron chi connectivity index (χ0n) is 13.4. The van der Waals surface area contributed by atoms with Crippen molar-refractivity contribution in [3.8, 4) is 5.75 Å². The Morgan fingerprint density at radius 1 is 1.38 bits per heavy atom. The highest BCUT2D eigenvalue weighted by atomic mass is 16.5. The van der Waals surface area contributed by atoms with E-state index in [0.717, 1.165) is 30.7 Å². The van der Waals surface area contributed by atoms with Gasteiger partial charge in [0.1, 0.15) is 11.3 Å². The molecule has 2 unspecified atom stereocenters. The van der Waals surface area contributed by atoms with Gasteiger partial charge in [0.05, 0.1) is 7.11 Å². The van der Waals surface area contributed by atoms with Gasteiger partial charge in [0, 0.05) is 11.8 Å². The molecule has 1 amide bonds. The van der Waals surface area contributed by atoms with Crippen LogP contribution in [0, 0.1) is 11.3 Å². The Hall–Kier alpha value is -1.71. The van der Waals surface area contributed by atoms with Crippen molar-refractivity contribution in [2.24, 2.45) is 17.1 Å². The normalized spacial score (nSPS) is 27.9. The Balaban J connectivity index is 2.32. The first kappa shape index (κ1) is 15.7. The molecule has 1 aliphatic rings. The molecule has 4 nitrogen and oxygen atoms in total. The minimum atomic E-state index is -0.687. The maximum atomic E-state index is 12.2. The van der Waals surface area contributed by atoms with Gasteiger partial charge in [-0.3, -0.25) is 4.79 Å². The van der Waals surface area contributed by atoms with E-state index >= 15 is 0 Å². The standard InChI is InChI=1S/C17H26N2O2/c1-12-9-16(2,3)11-17(10-12,15(18)20)19-13-6-5-7-14(8-13)21-4/h5-8,12,19H,9-11H2,1-4H3,(H2,18,20). The molecule has 0 radical (unpaired) electrons. The number of nitrogens with one attached hydrogen (secondary N) is 1. The van der Waals surface area contributed by atoms with E-state index in [-0.39, 0.29) is 11.3 Å². The van der Waals surface area contributed by atoms with Crippen molar-refractivity contribution in [2.75, 3.05) is 12.4 Å². The molecule has 21 heavy (non-hydrogen) atoms. The summed E-state index contributed by atoms with van der Waals surface area (Å²) in [6.45, 7) is 6.59. The lowest BCUT2D eigenvalue weighted by Crippen LogP contribution is -2.56. The lowest BCUT2D eigenvalue weighted by Gasteiger charge is -2.46. The van der Waals surface area contributed by atoms with Gasteiger partial charge in [0.25, 0.3) is 0 Å². The summed E-state index contributed by atoms with van der Waals surface area (Å²) in [4.78, 5) is 12.2. The van der Waals surface area contributed by atoms with Gasteiger partial charge in [-0.1, -0.05) is 26.8 Å². The molecule has 3 N–H and O–H groups in total. The van der Waals surface area contributed by atoms with Crippen LogP contribution in [0.4, 0.5) is 5.69 Å². The van der Waals surface area contributed by atoms with Crippen LogP contribution in [0.5, 0.6) is 5.75 Å². The first-order valence-corrected chi connectivity index (χ1v) is 7.48. The fourth-order valence-corrected chi connectivity index (χ4v) is 3.89. The molecule has 0 aliphatic heterocycles. The van der Waals surface area contributed by atoms with Crippen molar-refractivity contribution in [3.05, 3.63) is 24.3 Å². The van der Waals surface area contributed by atoms with Crippen molar-refractivity contribution < 1.29 is 9.53 Å². The number of carbonyl (C=O) groups is 1. The van der Waals surface area contributed by atoms with Crippen molar-refractivity contribution in [1.29, 1.82) is 0 Å². The molecular formula is C17H26N2O2. The van der Waals surface area contributed by atoms with E-state index in [4.69, 9.17) is 10.5 Å². The number of primary amides is 1. The van der Waals surface area contributed by atoms with E-state index < -0.39 is 5.54 Å². The lowest BCUT2D eigenvalue weighted by atomic mass is 9.64. The number of anilines is 1. The van der Waals surface area contributed by atoms with Gasteiger partial charge in [0.15, 0.2) is 0 Å². The van der Waals surface area contributed by atoms with Crippen LogP contribution in [0.3, 0.4) is 0 Å². The lowest BCUT2D eigenvalue weighted by molar-refractivity contribution is -0.125. The number of rotatable bonds is 4. The van der Waals surface area contributed by atoms with Gasteiger partial charge in [-0.25, -0.2) is 0 Å². The number of methoxy groups -OCH3 is 1. The van der Waals surface area contributed by atoms with Crippen molar-refractivity contribution in [3.63, 3.8) is 0 Å². The minimum absolute atomic E-state index is 0.0958. The molecular weight excluding hydrogens is 264 g/mol. The predicted molar refractivity (Wildman–Crippen MR) is 85.3 cm³/mol. The Morgan fingerprint density at radius 3 is 2.67 bits per heavy atom. The summed E-state index contributed by atoms with van der Waals surface area (Å²) in [6, 6.07) is 7.64. The smallest absolute Gasteiger partial charge is 0.243 e. The van der Waals surface area contributed by atoms with E-state index in [9.17, 15) is 4.79 Å². The Labute approximate surface area is 127 Å². The SMILES string of the molecule is COc1cccc(NC2(C(N)=O)CC(C)CC(C)(C)C2)c1. The molecule has 0 saturated heterocycles. The topological polar surface area (TPSA) is 64.3 Å². The molecule has 1 saturated carbocycles. The molecule has 2 atom stereocenters. The van der Waals surface area contributed by atoms with Crippen molar-refractivity contribution in [1.82, 2.24) is 0 Å². The Kier molecular flexibility index (Phi) is 4.17. The van der Waals surface area contributed by atoms with Gasteiger partial charge in [-0.2, -0.15) is 0 Å². The summed E-state index contributed by atoms with van der Waals surface area (Å²) in [5.41, 5.74) is 6.05. The number of benzene rings is 1. The van der Waals surface area contributed by atoms with Crippen LogP contribution in [0.1, 0.15) is 40.0 Å². The van der Waals surface area contributed by atoms with Crippen LogP contribution in [0.2, 0.25) is 0 Å². The summed E-state index contributed by atoms with van der Waals surface area (Å²) >= 11 is 0. The van der Waals surface area contributed by atoms with Crippen LogP contribution >= 0.6 is 0 Å². The van der Waals surface area contributed by atoms with Crippen LogP contribution in [0.15, 0.2) is 24.3 Å². The fourth-order valence-electron chi connectivity index (χ4n) is 3.89. The quantitative estimate of drug-likeness (QED) is 0.895. The molecule has 1 fully saturated rings. The fraction of sp³-hybridized carbons (Fsp3) is 0.588. The molecule has 116 valence electrons. The Bertz CT molecular complexity index is 527. The Morgan fingerprint density at radius 2 is 2.10 bits per heavy atom. The molecule has 0 heterocycles. The monoisotopic (exact) mass is 290 g/mol. The summed E-state index contributed by atoms with van der Waals surface area (Å²) < 4.78 is 5.24. The molecule has 0 spiro atoms. The van der Waals surface area contributed by atoms with Crippen molar-refractivity contribution in [2.45, 2.75) is 45.6 Å².